The molecule has 1 atom stereocenters. The standard InChI is InChI=1S/C26H22ClN3O2/c1-32-20-14-12-19(13-15-20)28-26(31)30-17-18-7-2-5-10-23(18)29-16-6-11-24(29)25(30)21-8-3-4-9-22(21)27/h2-16,25H,17H2,1H3,(H,28,31)/t25-/m1/s1. The molecular formula is C26H22ClN3O2. The molecule has 0 aliphatic carbocycles. The molecule has 2 heterocycles. The number of aromatic nitrogens is 1. The summed E-state index contributed by atoms with van der Waals surface area (Å²) in [6.07, 6.45) is 2.03. The highest BCUT2D eigenvalue weighted by Crippen LogP contribution is 2.39. The first-order valence-corrected chi connectivity index (χ1v) is 10.7. The molecule has 0 saturated carbocycles. The molecule has 0 spiro atoms. The number of hydrogen-bond donors (Lipinski definition) is 1. The van der Waals surface area contributed by atoms with E-state index < -0.39 is 0 Å². The van der Waals surface area contributed by atoms with Crippen LogP contribution in [0.15, 0.2) is 91.1 Å². The van der Waals surface area contributed by atoms with Gasteiger partial charge in [-0.1, -0.05) is 48.0 Å². The number of carbonyl (C=O) groups is 1. The number of halogens is 1. The summed E-state index contributed by atoms with van der Waals surface area (Å²) < 4.78 is 7.37. The zero-order valence-electron chi connectivity index (χ0n) is 17.5. The van der Waals surface area contributed by atoms with Crippen molar-refractivity contribution in [3.8, 4) is 11.4 Å². The van der Waals surface area contributed by atoms with Gasteiger partial charge in [0.05, 0.1) is 25.0 Å². The Bertz CT molecular complexity index is 1270. The predicted molar refractivity (Wildman–Crippen MR) is 127 cm³/mol. The number of amides is 2. The molecule has 5 rings (SSSR count). The molecule has 4 aromatic rings. The van der Waals surface area contributed by atoms with E-state index in [2.05, 4.69) is 22.0 Å². The van der Waals surface area contributed by atoms with Crippen molar-refractivity contribution in [1.82, 2.24) is 9.47 Å². The second-order valence-corrected chi connectivity index (χ2v) is 8.05. The molecule has 1 aromatic heterocycles. The second-order valence-electron chi connectivity index (χ2n) is 7.64. The van der Waals surface area contributed by atoms with E-state index >= 15 is 0 Å². The summed E-state index contributed by atoms with van der Waals surface area (Å²) in [6, 6.07) is 26.6. The molecule has 0 saturated heterocycles. The van der Waals surface area contributed by atoms with Crippen molar-refractivity contribution in [1.29, 1.82) is 0 Å². The molecule has 5 nitrogen and oxygen atoms in total. The number of nitrogens with zero attached hydrogens (tertiary/aromatic N) is 2. The molecule has 160 valence electrons. The van der Waals surface area contributed by atoms with Crippen molar-refractivity contribution < 1.29 is 9.53 Å². The van der Waals surface area contributed by atoms with E-state index in [1.54, 1.807) is 7.11 Å². The van der Waals surface area contributed by atoms with E-state index in [-0.39, 0.29) is 12.1 Å². The van der Waals surface area contributed by atoms with Crippen LogP contribution in [0.5, 0.6) is 5.75 Å². The van der Waals surface area contributed by atoms with Crippen LogP contribution in [0, 0.1) is 0 Å². The lowest BCUT2D eigenvalue weighted by Gasteiger charge is -2.31. The number of urea groups is 1. The van der Waals surface area contributed by atoms with E-state index in [9.17, 15) is 4.79 Å². The number of anilines is 1. The largest absolute Gasteiger partial charge is 0.497 e. The van der Waals surface area contributed by atoms with Gasteiger partial charge >= 0.3 is 6.03 Å². The van der Waals surface area contributed by atoms with Gasteiger partial charge < -0.3 is 19.5 Å². The maximum Gasteiger partial charge on any atom is 0.322 e. The Morgan fingerprint density at radius 1 is 0.969 bits per heavy atom. The number of para-hydroxylation sites is 1. The van der Waals surface area contributed by atoms with E-state index in [0.717, 1.165) is 28.3 Å². The number of methoxy groups -OCH3 is 1. The second kappa shape index (κ2) is 8.44. The lowest BCUT2D eigenvalue weighted by atomic mass is 10.0. The molecule has 0 fully saturated rings. The average molecular weight is 444 g/mol. The Hall–Kier alpha value is -3.70. The van der Waals surface area contributed by atoms with Crippen molar-refractivity contribution in [2.24, 2.45) is 0 Å². The molecule has 1 aliphatic rings. The van der Waals surface area contributed by atoms with Crippen molar-refractivity contribution >= 4 is 23.3 Å². The summed E-state index contributed by atoms with van der Waals surface area (Å²) in [6.45, 7) is 0.440. The quantitative estimate of drug-likeness (QED) is 0.405. The minimum atomic E-state index is -0.357. The first-order valence-electron chi connectivity index (χ1n) is 10.4. The third-order valence-corrected chi connectivity index (χ3v) is 6.11. The maximum absolute atomic E-state index is 13.6. The molecule has 1 N–H and O–H groups in total. The Balaban J connectivity index is 1.61. The normalized spacial score (nSPS) is 14.8. The van der Waals surface area contributed by atoms with Gasteiger partial charge in [-0.2, -0.15) is 0 Å². The van der Waals surface area contributed by atoms with Crippen LogP contribution in [0.1, 0.15) is 22.9 Å². The van der Waals surface area contributed by atoms with Gasteiger partial charge in [0, 0.05) is 16.9 Å². The predicted octanol–water partition coefficient (Wildman–Crippen LogP) is 6.28. The van der Waals surface area contributed by atoms with E-state index in [4.69, 9.17) is 16.3 Å². The molecule has 0 bridgehead atoms. The third-order valence-electron chi connectivity index (χ3n) is 5.77. The first kappa shape index (κ1) is 20.2. The zero-order chi connectivity index (χ0) is 22.1. The monoisotopic (exact) mass is 443 g/mol. The molecule has 1 aliphatic heterocycles. The minimum Gasteiger partial charge on any atom is -0.497 e. The van der Waals surface area contributed by atoms with Crippen LogP contribution in [0.25, 0.3) is 5.69 Å². The number of ether oxygens (including phenoxy) is 1. The molecular weight excluding hydrogens is 422 g/mol. The van der Waals surface area contributed by atoms with Gasteiger partial charge in [0.2, 0.25) is 0 Å². The van der Waals surface area contributed by atoms with Gasteiger partial charge in [-0.3, -0.25) is 0 Å². The summed E-state index contributed by atoms with van der Waals surface area (Å²) in [7, 11) is 1.62. The van der Waals surface area contributed by atoms with E-state index in [1.165, 1.54) is 0 Å². The first-order chi connectivity index (χ1) is 15.7. The number of fused-ring (bicyclic) bond motifs is 3. The number of nitrogens with one attached hydrogen (secondary N) is 1. The van der Waals surface area contributed by atoms with Crippen LogP contribution < -0.4 is 10.1 Å². The van der Waals surface area contributed by atoms with Gasteiger partial charge in [-0.25, -0.2) is 4.79 Å². The summed E-state index contributed by atoms with van der Waals surface area (Å²) in [5.74, 6) is 0.735. The van der Waals surface area contributed by atoms with Crippen molar-refractivity contribution in [2.45, 2.75) is 12.6 Å². The van der Waals surface area contributed by atoms with Gasteiger partial charge in [-0.05, 0) is 59.7 Å². The number of hydrogen-bond acceptors (Lipinski definition) is 2. The Morgan fingerprint density at radius 3 is 2.50 bits per heavy atom. The number of carbonyl (C=O) groups excluding carboxylic acids is 1. The topological polar surface area (TPSA) is 46.5 Å². The lowest BCUT2D eigenvalue weighted by molar-refractivity contribution is 0.194. The average Bonchev–Trinajstić information content (AvgIpc) is 3.25. The van der Waals surface area contributed by atoms with Gasteiger partial charge in [0.15, 0.2) is 0 Å². The molecule has 0 radical (unpaired) electrons. The highest BCUT2D eigenvalue weighted by molar-refractivity contribution is 6.31. The number of benzene rings is 3. The lowest BCUT2D eigenvalue weighted by Crippen LogP contribution is -2.38. The Morgan fingerprint density at radius 2 is 1.72 bits per heavy atom. The fraction of sp³-hybridized carbons (Fsp3) is 0.115. The van der Waals surface area contributed by atoms with Crippen LogP contribution in [0.3, 0.4) is 0 Å². The SMILES string of the molecule is COc1ccc(NC(=O)N2Cc3ccccc3-n3cccc3[C@H]2c2ccccc2Cl)cc1. The van der Waals surface area contributed by atoms with E-state index in [1.807, 2.05) is 83.9 Å². The fourth-order valence-electron chi connectivity index (χ4n) is 4.23. The van der Waals surface area contributed by atoms with Crippen molar-refractivity contribution in [3.63, 3.8) is 0 Å². The van der Waals surface area contributed by atoms with Gasteiger partial charge in [0.25, 0.3) is 0 Å². The highest BCUT2D eigenvalue weighted by atomic mass is 35.5. The molecule has 2 amide bonds. The molecule has 32 heavy (non-hydrogen) atoms. The maximum atomic E-state index is 13.6. The van der Waals surface area contributed by atoms with Crippen molar-refractivity contribution in [3.05, 3.63) is 113 Å². The van der Waals surface area contributed by atoms with Crippen molar-refractivity contribution in [2.75, 3.05) is 12.4 Å². The highest BCUT2D eigenvalue weighted by Gasteiger charge is 2.34. The third kappa shape index (κ3) is 3.61. The summed E-state index contributed by atoms with van der Waals surface area (Å²) in [5.41, 5.74) is 4.68. The summed E-state index contributed by atoms with van der Waals surface area (Å²) in [5, 5.41) is 3.67. The summed E-state index contributed by atoms with van der Waals surface area (Å²) in [4.78, 5) is 15.5. The van der Waals surface area contributed by atoms with Crippen LogP contribution in [-0.2, 0) is 6.54 Å². The van der Waals surface area contributed by atoms with Crippen LogP contribution >= 0.6 is 11.6 Å². The molecule has 3 aromatic carbocycles. The number of rotatable bonds is 3. The van der Waals surface area contributed by atoms with E-state index in [0.29, 0.717) is 17.3 Å². The van der Waals surface area contributed by atoms with Crippen LogP contribution in [0.2, 0.25) is 5.02 Å². The Kier molecular flexibility index (Phi) is 5.33. The molecule has 0 unspecified atom stereocenters. The summed E-state index contributed by atoms with van der Waals surface area (Å²) >= 11 is 6.64. The minimum absolute atomic E-state index is 0.204. The molecule has 6 heteroatoms. The van der Waals surface area contributed by atoms with Gasteiger partial charge in [0.1, 0.15) is 11.8 Å². The van der Waals surface area contributed by atoms with Crippen LogP contribution in [-0.4, -0.2) is 22.6 Å². The fourth-order valence-corrected chi connectivity index (χ4v) is 4.47. The zero-order valence-corrected chi connectivity index (χ0v) is 18.3. The smallest absolute Gasteiger partial charge is 0.322 e. The van der Waals surface area contributed by atoms with Crippen LogP contribution in [0.4, 0.5) is 10.5 Å². The Labute approximate surface area is 191 Å². The van der Waals surface area contributed by atoms with Gasteiger partial charge in [-0.15, -0.1) is 0 Å².